The van der Waals surface area contributed by atoms with Gasteiger partial charge in [-0.05, 0) is 43.5 Å². The lowest BCUT2D eigenvalue weighted by Gasteiger charge is -2.34. The van der Waals surface area contributed by atoms with Gasteiger partial charge in [-0.1, -0.05) is 37.6 Å². The first-order valence-corrected chi connectivity index (χ1v) is 11.2. The van der Waals surface area contributed by atoms with E-state index in [9.17, 15) is 4.79 Å². The molecule has 1 saturated heterocycles. The van der Waals surface area contributed by atoms with Crippen LogP contribution in [0.25, 0.3) is 0 Å². The van der Waals surface area contributed by atoms with Crippen LogP contribution < -0.4 is 20.7 Å². The summed E-state index contributed by atoms with van der Waals surface area (Å²) in [6, 6.07) is 8.45. The zero-order valence-electron chi connectivity index (χ0n) is 18.4. The Morgan fingerprint density at radius 3 is 2.58 bits per heavy atom. The Labute approximate surface area is 183 Å². The minimum atomic E-state index is -0.380. The third kappa shape index (κ3) is 4.90. The van der Waals surface area contributed by atoms with E-state index in [4.69, 9.17) is 10.5 Å². The van der Waals surface area contributed by atoms with E-state index in [0.717, 1.165) is 24.9 Å². The van der Waals surface area contributed by atoms with Gasteiger partial charge in [-0.25, -0.2) is 0 Å². The number of carbonyl (C=O) groups is 1. The average Bonchev–Trinajstić information content (AvgIpc) is 3.26. The molecule has 8 heteroatoms. The summed E-state index contributed by atoms with van der Waals surface area (Å²) in [5.41, 5.74) is 8.95. The number of nitrogens with two attached hydrogens (primary N) is 1. The summed E-state index contributed by atoms with van der Waals surface area (Å²) >= 11 is 0. The quantitative estimate of drug-likeness (QED) is 0.629. The molecule has 31 heavy (non-hydrogen) atoms. The Balaban J connectivity index is 1.46. The second-order valence-electron chi connectivity index (χ2n) is 8.41. The number of benzene rings is 1. The molecule has 0 saturated carbocycles. The van der Waals surface area contributed by atoms with Crippen LogP contribution in [0.4, 0.5) is 17.3 Å². The zero-order valence-corrected chi connectivity index (χ0v) is 18.4. The number of hydrogen-bond acceptors (Lipinski definition) is 7. The van der Waals surface area contributed by atoms with E-state index >= 15 is 0 Å². The molecule has 3 N–H and O–H groups in total. The number of unbranched alkanes of at least 4 members (excludes halogenated alkanes) is 1. The van der Waals surface area contributed by atoms with Gasteiger partial charge in [0, 0.05) is 20.0 Å². The van der Waals surface area contributed by atoms with E-state index in [1.54, 1.807) is 0 Å². The van der Waals surface area contributed by atoms with Crippen molar-refractivity contribution in [3.8, 4) is 6.01 Å². The first-order valence-electron chi connectivity index (χ1n) is 11.2. The number of carbonyl (C=O) groups excluding carboxylic acids is 1. The van der Waals surface area contributed by atoms with Gasteiger partial charge in [0.1, 0.15) is 11.7 Å². The molecule has 2 aliphatic rings. The molecule has 0 spiro atoms. The van der Waals surface area contributed by atoms with Crippen LogP contribution >= 0.6 is 0 Å². The number of aromatic nitrogens is 2. The molecular formula is C23H32N6O2. The predicted molar refractivity (Wildman–Crippen MR) is 122 cm³/mol. The summed E-state index contributed by atoms with van der Waals surface area (Å²) in [5, 5.41) is 2.89. The second kappa shape index (κ2) is 9.51. The Morgan fingerprint density at radius 2 is 1.87 bits per heavy atom. The third-order valence-electron chi connectivity index (χ3n) is 6.04. The number of fused-ring (bicyclic) bond motifs is 1. The number of nitrogen functional groups attached to an aromatic ring is 1. The van der Waals surface area contributed by atoms with E-state index < -0.39 is 0 Å². The lowest BCUT2D eigenvalue weighted by atomic mass is 10.0. The summed E-state index contributed by atoms with van der Waals surface area (Å²) < 4.78 is 5.64. The highest BCUT2D eigenvalue weighted by atomic mass is 16.5. The van der Waals surface area contributed by atoms with Crippen LogP contribution in [-0.4, -0.2) is 53.6 Å². The predicted octanol–water partition coefficient (Wildman–Crippen LogP) is 2.83. The van der Waals surface area contributed by atoms with Gasteiger partial charge < -0.3 is 20.7 Å². The van der Waals surface area contributed by atoms with Crippen molar-refractivity contribution in [2.45, 2.75) is 51.6 Å². The van der Waals surface area contributed by atoms with Crippen molar-refractivity contribution in [1.82, 2.24) is 14.9 Å². The van der Waals surface area contributed by atoms with Crippen molar-refractivity contribution in [3.63, 3.8) is 0 Å². The van der Waals surface area contributed by atoms with E-state index in [-0.39, 0.29) is 23.8 Å². The molecular weight excluding hydrogens is 392 g/mol. The Morgan fingerprint density at radius 1 is 1.16 bits per heavy atom. The molecule has 2 aromatic rings. The van der Waals surface area contributed by atoms with Crippen LogP contribution in [-0.2, 0) is 17.8 Å². The molecule has 166 valence electrons. The molecule has 0 bridgehead atoms. The summed E-state index contributed by atoms with van der Waals surface area (Å²) in [6.07, 6.45) is 5.12. The van der Waals surface area contributed by atoms with Gasteiger partial charge in [0.05, 0.1) is 6.61 Å². The molecule has 1 fully saturated rings. The van der Waals surface area contributed by atoms with E-state index in [0.29, 0.717) is 24.5 Å². The fourth-order valence-electron chi connectivity index (χ4n) is 4.16. The topological polar surface area (TPSA) is 96.6 Å². The lowest BCUT2D eigenvalue weighted by Crippen LogP contribution is -2.48. The summed E-state index contributed by atoms with van der Waals surface area (Å²) in [5.74, 6) is 0.710. The number of hydrogen-bond donors (Lipinski definition) is 2. The molecule has 1 unspecified atom stereocenters. The van der Waals surface area contributed by atoms with Gasteiger partial charge in [-0.2, -0.15) is 9.97 Å². The molecule has 8 nitrogen and oxygen atoms in total. The first kappa shape index (κ1) is 21.4. The van der Waals surface area contributed by atoms with Crippen LogP contribution in [0.2, 0.25) is 0 Å². The highest BCUT2D eigenvalue weighted by molar-refractivity contribution is 6.05. The molecule has 1 aromatic carbocycles. The fraction of sp³-hybridized carbons (Fsp3) is 0.522. The van der Waals surface area contributed by atoms with Gasteiger partial charge in [-0.3, -0.25) is 9.69 Å². The minimum absolute atomic E-state index is 0.105. The van der Waals surface area contributed by atoms with Gasteiger partial charge in [0.15, 0.2) is 11.6 Å². The van der Waals surface area contributed by atoms with Crippen molar-refractivity contribution < 1.29 is 9.53 Å². The monoisotopic (exact) mass is 424 g/mol. The molecule has 1 aromatic heterocycles. The van der Waals surface area contributed by atoms with Crippen molar-refractivity contribution >= 4 is 23.2 Å². The molecule has 0 radical (unpaired) electrons. The van der Waals surface area contributed by atoms with Gasteiger partial charge in [0.25, 0.3) is 0 Å². The number of ether oxygens (including phenoxy) is 1. The van der Waals surface area contributed by atoms with Gasteiger partial charge >= 0.3 is 6.01 Å². The van der Waals surface area contributed by atoms with Crippen LogP contribution in [0.5, 0.6) is 6.01 Å². The number of likely N-dealkylation sites (N-methyl/N-ethyl adjacent to an activating group) is 1. The van der Waals surface area contributed by atoms with Crippen LogP contribution in [0.15, 0.2) is 24.3 Å². The number of likely N-dealkylation sites (tertiary alicyclic amines) is 1. The van der Waals surface area contributed by atoms with E-state index in [1.807, 2.05) is 11.9 Å². The molecule has 1 atom stereocenters. The van der Waals surface area contributed by atoms with E-state index in [1.165, 1.54) is 31.5 Å². The van der Waals surface area contributed by atoms with Crippen molar-refractivity contribution in [3.05, 3.63) is 35.4 Å². The largest absolute Gasteiger partial charge is 0.463 e. The number of rotatable bonds is 8. The molecule has 2 aliphatic heterocycles. The third-order valence-corrected chi connectivity index (χ3v) is 6.04. The SMILES string of the molecule is CCCCOc1nc(N)c2c(n1)N(C)C(Cc1ccc(CN3CCCC3)cc1)C(=O)N2. The number of amides is 1. The van der Waals surface area contributed by atoms with Crippen molar-refractivity contribution in [2.75, 3.05) is 42.7 Å². The van der Waals surface area contributed by atoms with Gasteiger partial charge in [0.2, 0.25) is 5.91 Å². The Kier molecular flexibility index (Phi) is 6.56. The molecule has 1 amide bonds. The zero-order chi connectivity index (χ0) is 21.8. The molecule has 0 aliphatic carbocycles. The maximum absolute atomic E-state index is 12.8. The Bertz CT molecular complexity index is 911. The lowest BCUT2D eigenvalue weighted by molar-refractivity contribution is -0.117. The van der Waals surface area contributed by atoms with E-state index in [2.05, 4.69) is 51.4 Å². The van der Waals surface area contributed by atoms with Crippen LogP contribution in [0, 0.1) is 0 Å². The first-order chi connectivity index (χ1) is 15.0. The summed E-state index contributed by atoms with van der Waals surface area (Å²) in [7, 11) is 1.87. The number of anilines is 3. The molecule has 4 rings (SSSR count). The maximum Gasteiger partial charge on any atom is 0.320 e. The Hall–Kier alpha value is -2.87. The highest BCUT2D eigenvalue weighted by Crippen LogP contribution is 2.35. The van der Waals surface area contributed by atoms with Crippen LogP contribution in [0.1, 0.15) is 43.7 Å². The fourth-order valence-corrected chi connectivity index (χ4v) is 4.16. The summed E-state index contributed by atoms with van der Waals surface area (Å²) in [4.78, 5) is 25.9. The number of nitrogens with zero attached hydrogens (tertiary/aromatic N) is 4. The maximum atomic E-state index is 12.8. The smallest absolute Gasteiger partial charge is 0.320 e. The minimum Gasteiger partial charge on any atom is -0.463 e. The average molecular weight is 425 g/mol. The van der Waals surface area contributed by atoms with Crippen molar-refractivity contribution in [1.29, 1.82) is 0 Å². The standard InChI is InChI=1S/C23H32N6O2/c1-3-4-13-31-23-26-20(24)19-21(27-23)28(2)18(22(30)25-19)14-16-7-9-17(10-8-16)15-29-11-5-6-12-29/h7-10,18H,3-6,11-15H2,1-2H3,(H,25,30)(H2,24,26,27). The second-order valence-corrected chi connectivity index (χ2v) is 8.41. The normalized spacial score (nSPS) is 18.7. The van der Waals surface area contributed by atoms with Crippen LogP contribution in [0.3, 0.4) is 0 Å². The van der Waals surface area contributed by atoms with Gasteiger partial charge in [-0.15, -0.1) is 0 Å². The highest BCUT2D eigenvalue weighted by Gasteiger charge is 2.34. The summed E-state index contributed by atoms with van der Waals surface area (Å²) in [6.45, 7) is 6.00. The number of nitrogens with one attached hydrogen (secondary N) is 1. The van der Waals surface area contributed by atoms with Crippen molar-refractivity contribution in [2.24, 2.45) is 0 Å². The molecule has 3 heterocycles.